The van der Waals surface area contributed by atoms with E-state index in [9.17, 15) is 9.90 Å². The molecule has 0 aliphatic carbocycles. The van der Waals surface area contributed by atoms with Crippen molar-refractivity contribution < 1.29 is 14.6 Å². The minimum absolute atomic E-state index is 0.363. The summed E-state index contributed by atoms with van der Waals surface area (Å²) in [5.41, 5.74) is -1.01. The molecular weight excluding hydrogens is 234 g/mol. The van der Waals surface area contributed by atoms with Crippen LogP contribution in [-0.4, -0.2) is 33.8 Å². The van der Waals surface area contributed by atoms with E-state index in [2.05, 4.69) is 4.90 Å². The first-order valence-electron chi connectivity index (χ1n) is 6.22. The van der Waals surface area contributed by atoms with Gasteiger partial charge in [0, 0.05) is 12.6 Å². The van der Waals surface area contributed by atoms with E-state index in [-0.39, 0.29) is 5.75 Å². The largest absolute Gasteiger partial charge is 0.502 e. The number of likely N-dealkylation sites (tertiary alicyclic amines) is 1. The molecule has 0 radical (unpaired) electrons. The van der Waals surface area contributed by atoms with Gasteiger partial charge in [-0.15, -0.1) is 0 Å². The van der Waals surface area contributed by atoms with E-state index in [4.69, 9.17) is 9.52 Å². The molecule has 18 heavy (non-hydrogen) atoms. The molecule has 1 aliphatic heterocycles. The van der Waals surface area contributed by atoms with Gasteiger partial charge >= 0.3 is 0 Å². The van der Waals surface area contributed by atoms with Crippen LogP contribution in [0.1, 0.15) is 31.9 Å². The summed E-state index contributed by atoms with van der Waals surface area (Å²) in [5.74, 6) is 0.178. The molecule has 5 heteroatoms. The van der Waals surface area contributed by atoms with Crippen molar-refractivity contribution in [2.24, 2.45) is 0 Å². The first-order chi connectivity index (χ1) is 8.46. The number of aromatic hydroxyl groups is 1. The SMILES string of the molecule is CC1(O)CCCN(Cc2cc(=O)c(O)co2)CC1. The maximum Gasteiger partial charge on any atom is 0.226 e. The van der Waals surface area contributed by atoms with Crippen LogP contribution in [0.25, 0.3) is 0 Å². The highest BCUT2D eigenvalue weighted by Crippen LogP contribution is 2.22. The Bertz CT molecular complexity index is 466. The molecule has 1 unspecified atom stereocenters. The van der Waals surface area contributed by atoms with Crippen LogP contribution in [0.4, 0.5) is 0 Å². The van der Waals surface area contributed by atoms with Gasteiger partial charge in [0.25, 0.3) is 0 Å². The topological polar surface area (TPSA) is 73.9 Å². The summed E-state index contributed by atoms with van der Waals surface area (Å²) in [6, 6.07) is 1.32. The summed E-state index contributed by atoms with van der Waals surface area (Å²) in [6.07, 6.45) is 3.51. The lowest BCUT2D eigenvalue weighted by atomic mass is 9.98. The van der Waals surface area contributed by atoms with Gasteiger partial charge < -0.3 is 14.6 Å². The third-order valence-corrected chi connectivity index (χ3v) is 3.40. The summed E-state index contributed by atoms with van der Waals surface area (Å²) >= 11 is 0. The lowest BCUT2D eigenvalue weighted by molar-refractivity contribution is 0.0442. The second-order valence-corrected chi connectivity index (χ2v) is 5.22. The molecule has 2 rings (SSSR count). The summed E-state index contributed by atoms with van der Waals surface area (Å²) in [7, 11) is 0. The van der Waals surface area contributed by atoms with Crippen molar-refractivity contribution >= 4 is 0 Å². The van der Waals surface area contributed by atoms with Gasteiger partial charge in [-0.05, 0) is 32.7 Å². The Hall–Kier alpha value is -1.33. The molecule has 0 saturated carbocycles. The number of nitrogens with zero attached hydrogens (tertiary/aromatic N) is 1. The molecular formula is C13H19NO4. The summed E-state index contributed by atoms with van der Waals surface area (Å²) in [6.45, 7) is 4.04. The van der Waals surface area contributed by atoms with E-state index in [1.165, 1.54) is 6.07 Å². The van der Waals surface area contributed by atoms with Gasteiger partial charge in [0.05, 0.1) is 12.1 Å². The highest BCUT2D eigenvalue weighted by molar-refractivity contribution is 5.15. The molecule has 5 nitrogen and oxygen atoms in total. The molecule has 0 bridgehead atoms. The van der Waals surface area contributed by atoms with Crippen molar-refractivity contribution in [3.8, 4) is 5.75 Å². The fourth-order valence-electron chi connectivity index (χ4n) is 2.22. The normalized spacial score (nSPS) is 25.9. The second kappa shape index (κ2) is 5.12. The van der Waals surface area contributed by atoms with Crippen LogP contribution in [0, 0.1) is 0 Å². The molecule has 100 valence electrons. The van der Waals surface area contributed by atoms with Crippen LogP contribution in [0.2, 0.25) is 0 Å². The molecule has 1 aliphatic rings. The van der Waals surface area contributed by atoms with Crippen molar-refractivity contribution in [1.29, 1.82) is 0 Å². The van der Waals surface area contributed by atoms with E-state index in [0.29, 0.717) is 12.3 Å². The standard InChI is InChI=1S/C13H19NO4/c1-13(17)3-2-5-14(6-4-13)8-10-7-11(15)12(16)9-18-10/h7,9,16-17H,2-6,8H2,1H3. The molecule has 0 amide bonds. The molecule has 1 aromatic rings. The molecule has 1 atom stereocenters. The Morgan fingerprint density at radius 2 is 2.22 bits per heavy atom. The van der Waals surface area contributed by atoms with E-state index >= 15 is 0 Å². The number of aliphatic hydroxyl groups is 1. The zero-order valence-corrected chi connectivity index (χ0v) is 10.6. The molecule has 2 heterocycles. The molecule has 1 fully saturated rings. The Balaban J connectivity index is 2.01. The lowest BCUT2D eigenvalue weighted by Gasteiger charge is -2.21. The molecule has 1 aromatic heterocycles. The third-order valence-electron chi connectivity index (χ3n) is 3.40. The van der Waals surface area contributed by atoms with Crippen LogP contribution >= 0.6 is 0 Å². The third kappa shape index (κ3) is 3.34. The highest BCUT2D eigenvalue weighted by Gasteiger charge is 2.25. The Morgan fingerprint density at radius 1 is 1.44 bits per heavy atom. The molecule has 1 saturated heterocycles. The Kier molecular flexibility index (Phi) is 3.73. The second-order valence-electron chi connectivity index (χ2n) is 5.22. The summed E-state index contributed by atoms with van der Waals surface area (Å²) in [4.78, 5) is 13.4. The summed E-state index contributed by atoms with van der Waals surface area (Å²) < 4.78 is 5.18. The van der Waals surface area contributed by atoms with E-state index in [0.717, 1.165) is 38.6 Å². The minimum atomic E-state index is -0.593. The van der Waals surface area contributed by atoms with E-state index in [1.54, 1.807) is 0 Å². The number of hydrogen-bond donors (Lipinski definition) is 2. The number of rotatable bonds is 2. The smallest absolute Gasteiger partial charge is 0.226 e. The van der Waals surface area contributed by atoms with Crippen molar-refractivity contribution in [3.05, 3.63) is 28.3 Å². The van der Waals surface area contributed by atoms with Crippen LogP contribution in [-0.2, 0) is 6.54 Å². The van der Waals surface area contributed by atoms with Crippen molar-refractivity contribution in [1.82, 2.24) is 4.90 Å². The van der Waals surface area contributed by atoms with Crippen LogP contribution in [0.15, 0.2) is 21.5 Å². The van der Waals surface area contributed by atoms with E-state index < -0.39 is 11.0 Å². The molecule has 0 aromatic carbocycles. The predicted molar refractivity (Wildman–Crippen MR) is 66.4 cm³/mol. The first kappa shape index (κ1) is 13.1. The zero-order chi connectivity index (χ0) is 13.2. The van der Waals surface area contributed by atoms with Crippen molar-refractivity contribution in [2.75, 3.05) is 13.1 Å². The van der Waals surface area contributed by atoms with Gasteiger partial charge in [0.15, 0.2) is 5.75 Å². The monoisotopic (exact) mass is 253 g/mol. The maximum atomic E-state index is 11.3. The van der Waals surface area contributed by atoms with Gasteiger partial charge in [-0.1, -0.05) is 0 Å². The van der Waals surface area contributed by atoms with Crippen molar-refractivity contribution in [3.63, 3.8) is 0 Å². The fraction of sp³-hybridized carbons (Fsp3) is 0.615. The van der Waals surface area contributed by atoms with Crippen molar-refractivity contribution in [2.45, 2.75) is 38.3 Å². The minimum Gasteiger partial charge on any atom is -0.502 e. The van der Waals surface area contributed by atoms with Crippen LogP contribution < -0.4 is 5.43 Å². The quantitative estimate of drug-likeness (QED) is 0.825. The van der Waals surface area contributed by atoms with Gasteiger partial charge in [0.2, 0.25) is 5.43 Å². The summed E-state index contributed by atoms with van der Waals surface area (Å²) in [5, 5.41) is 19.1. The maximum absolute atomic E-state index is 11.3. The van der Waals surface area contributed by atoms with Crippen LogP contribution in [0.3, 0.4) is 0 Å². The Morgan fingerprint density at radius 3 is 2.94 bits per heavy atom. The number of hydrogen-bond acceptors (Lipinski definition) is 5. The lowest BCUT2D eigenvalue weighted by Crippen LogP contribution is -2.28. The van der Waals surface area contributed by atoms with Gasteiger partial charge in [-0.3, -0.25) is 9.69 Å². The fourth-order valence-corrected chi connectivity index (χ4v) is 2.22. The van der Waals surface area contributed by atoms with E-state index in [1.807, 2.05) is 6.92 Å². The van der Waals surface area contributed by atoms with Gasteiger partial charge in [-0.2, -0.15) is 0 Å². The highest BCUT2D eigenvalue weighted by atomic mass is 16.4. The first-order valence-corrected chi connectivity index (χ1v) is 6.22. The van der Waals surface area contributed by atoms with Gasteiger partial charge in [-0.25, -0.2) is 0 Å². The zero-order valence-electron chi connectivity index (χ0n) is 10.6. The predicted octanol–water partition coefficient (Wildman–Crippen LogP) is 1.08. The van der Waals surface area contributed by atoms with Crippen LogP contribution in [0.5, 0.6) is 5.75 Å². The molecule has 2 N–H and O–H groups in total. The van der Waals surface area contributed by atoms with Gasteiger partial charge in [0.1, 0.15) is 12.0 Å². The average molecular weight is 253 g/mol. The average Bonchev–Trinajstić information content (AvgIpc) is 2.46. The Labute approximate surface area is 106 Å². The molecule has 0 spiro atoms.